The van der Waals surface area contributed by atoms with E-state index in [4.69, 9.17) is 4.74 Å². The van der Waals surface area contributed by atoms with Crippen molar-refractivity contribution in [1.29, 1.82) is 0 Å². The second kappa shape index (κ2) is 7.93. The summed E-state index contributed by atoms with van der Waals surface area (Å²) in [4.78, 5) is 29.5. The predicted molar refractivity (Wildman–Crippen MR) is 82.6 cm³/mol. The highest BCUT2D eigenvalue weighted by molar-refractivity contribution is 5.77. The zero-order valence-corrected chi connectivity index (χ0v) is 13.3. The SMILES string of the molecule is Cc1nc(CNC(=O)COC(c2ccccc2)C(F)(F)F)cc(=O)[nH]1. The number of carbonyl (C=O) groups excluding carboxylic acids is 1. The molecule has 1 heterocycles. The Morgan fingerprint density at radius 3 is 2.60 bits per heavy atom. The van der Waals surface area contributed by atoms with Crippen molar-refractivity contribution in [2.75, 3.05) is 6.61 Å². The van der Waals surface area contributed by atoms with Crippen molar-refractivity contribution in [3.63, 3.8) is 0 Å². The molecule has 2 N–H and O–H groups in total. The molecule has 0 saturated heterocycles. The van der Waals surface area contributed by atoms with Crippen molar-refractivity contribution >= 4 is 5.91 Å². The molecule has 1 aromatic carbocycles. The molecule has 134 valence electrons. The molecule has 0 aliphatic rings. The molecule has 0 spiro atoms. The highest BCUT2D eigenvalue weighted by Crippen LogP contribution is 2.35. The standard InChI is InChI=1S/C16H16F3N3O3/c1-10-21-12(7-13(23)22-10)8-20-14(24)9-25-15(16(17,18)19)11-5-3-2-4-6-11/h2-7,15H,8-9H2,1H3,(H,20,24)(H,21,22,23). The summed E-state index contributed by atoms with van der Waals surface area (Å²) in [5.41, 5.74) is -0.172. The Labute approximate surface area is 141 Å². The van der Waals surface area contributed by atoms with Crippen molar-refractivity contribution in [2.45, 2.75) is 25.7 Å². The van der Waals surface area contributed by atoms with E-state index < -0.39 is 24.8 Å². The number of H-pyrrole nitrogens is 1. The van der Waals surface area contributed by atoms with Gasteiger partial charge in [0.05, 0.1) is 12.2 Å². The van der Waals surface area contributed by atoms with Gasteiger partial charge in [-0.15, -0.1) is 0 Å². The van der Waals surface area contributed by atoms with Crippen molar-refractivity contribution in [3.8, 4) is 0 Å². The Morgan fingerprint density at radius 1 is 1.32 bits per heavy atom. The fourth-order valence-corrected chi connectivity index (χ4v) is 2.14. The van der Waals surface area contributed by atoms with Crippen molar-refractivity contribution in [2.24, 2.45) is 0 Å². The molecule has 1 amide bonds. The van der Waals surface area contributed by atoms with Crippen LogP contribution in [0.3, 0.4) is 0 Å². The highest BCUT2D eigenvalue weighted by atomic mass is 19.4. The van der Waals surface area contributed by atoms with Crippen molar-refractivity contribution in [3.05, 3.63) is 63.8 Å². The van der Waals surface area contributed by atoms with Crippen LogP contribution in [0.4, 0.5) is 13.2 Å². The number of aryl methyl sites for hydroxylation is 1. The number of carbonyl (C=O) groups is 1. The molecule has 6 nitrogen and oxygen atoms in total. The van der Waals surface area contributed by atoms with Gasteiger partial charge in [0.15, 0.2) is 6.10 Å². The molecular formula is C16H16F3N3O3. The molecule has 2 rings (SSSR count). The van der Waals surface area contributed by atoms with E-state index in [1.54, 1.807) is 13.0 Å². The van der Waals surface area contributed by atoms with Crippen LogP contribution in [0.25, 0.3) is 0 Å². The van der Waals surface area contributed by atoms with Crippen LogP contribution in [-0.4, -0.2) is 28.7 Å². The first-order chi connectivity index (χ1) is 11.8. The molecular weight excluding hydrogens is 339 g/mol. The zero-order valence-electron chi connectivity index (χ0n) is 13.3. The van der Waals surface area contributed by atoms with Crippen LogP contribution in [0.15, 0.2) is 41.2 Å². The number of aromatic amines is 1. The fraction of sp³-hybridized carbons (Fsp3) is 0.312. The maximum absolute atomic E-state index is 13.1. The molecule has 25 heavy (non-hydrogen) atoms. The van der Waals surface area contributed by atoms with Gasteiger partial charge in [0.2, 0.25) is 5.91 Å². The quantitative estimate of drug-likeness (QED) is 0.830. The van der Waals surface area contributed by atoms with E-state index in [0.717, 1.165) is 0 Å². The average Bonchev–Trinajstić information content (AvgIpc) is 2.52. The Morgan fingerprint density at radius 2 is 2.00 bits per heavy atom. The number of halogens is 3. The van der Waals surface area contributed by atoms with Gasteiger partial charge < -0.3 is 15.0 Å². The second-order valence-corrected chi connectivity index (χ2v) is 5.24. The lowest BCUT2D eigenvalue weighted by Gasteiger charge is -2.21. The molecule has 1 atom stereocenters. The first-order valence-corrected chi connectivity index (χ1v) is 7.32. The Bertz CT molecular complexity index is 775. The van der Waals surface area contributed by atoms with Gasteiger partial charge in [0.25, 0.3) is 5.56 Å². The van der Waals surface area contributed by atoms with Gasteiger partial charge in [-0.1, -0.05) is 30.3 Å². The summed E-state index contributed by atoms with van der Waals surface area (Å²) in [6, 6.07) is 8.24. The Hall–Kier alpha value is -2.68. The molecule has 1 aromatic heterocycles. The summed E-state index contributed by atoms with van der Waals surface area (Å²) in [5.74, 6) is -0.376. The fourth-order valence-electron chi connectivity index (χ4n) is 2.14. The van der Waals surface area contributed by atoms with E-state index in [1.807, 2.05) is 0 Å². The molecule has 9 heteroatoms. The summed E-state index contributed by atoms with van der Waals surface area (Å²) in [6.45, 7) is 0.708. The number of alkyl halides is 3. The first-order valence-electron chi connectivity index (χ1n) is 7.32. The van der Waals surface area contributed by atoms with Crippen LogP contribution in [0.5, 0.6) is 0 Å². The number of nitrogens with one attached hydrogen (secondary N) is 2. The van der Waals surface area contributed by atoms with Crippen molar-refractivity contribution < 1.29 is 22.7 Å². The van der Waals surface area contributed by atoms with Gasteiger partial charge in [-0.2, -0.15) is 13.2 Å². The van der Waals surface area contributed by atoms with E-state index in [0.29, 0.717) is 11.5 Å². The normalized spacial score (nSPS) is 12.6. The summed E-state index contributed by atoms with van der Waals surface area (Å²) in [7, 11) is 0. The average molecular weight is 355 g/mol. The lowest BCUT2D eigenvalue weighted by atomic mass is 10.1. The summed E-state index contributed by atoms with van der Waals surface area (Å²) < 4.78 is 44.0. The van der Waals surface area contributed by atoms with Crippen LogP contribution in [-0.2, 0) is 16.1 Å². The molecule has 1 unspecified atom stereocenters. The zero-order chi connectivity index (χ0) is 18.4. The lowest BCUT2D eigenvalue weighted by Crippen LogP contribution is -2.32. The van der Waals surface area contributed by atoms with Crippen LogP contribution < -0.4 is 10.9 Å². The Kier molecular flexibility index (Phi) is 5.92. The van der Waals surface area contributed by atoms with E-state index in [2.05, 4.69) is 15.3 Å². The van der Waals surface area contributed by atoms with Gasteiger partial charge in [-0.25, -0.2) is 4.98 Å². The highest BCUT2D eigenvalue weighted by Gasteiger charge is 2.42. The third-order valence-corrected chi connectivity index (χ3v) is 3.16. The maximum atomic E-state index is 13.1. The number of hydrogen-bond donors (Lipinski definition) is 2. The molecule has 0 aliphatic heterocycles. The van der Waals surface area contributed by atoms with Gasteiger partial charge >= 0.3 is 6.18 Å². The number of ether oxygens (including phenoxy) is 1. The van der Waals surface area contributed by atoms with Gasteiger partial charge in [0, 0.05) is 6.07 Å². The van der Waals surface area contributed by atoms with Crippen LogP contribution in [0.1, 0.15) is 23.2 Å². The summed E-state index contributed by atoms with van der Waals surface area (Å²) in [5, 5.41) is 2.37. The molecule has 0 saturated carbocycles. The predicted octanol–water partition coefficient (Wildman–Crippen LogP) is 2.01. The third-order valence-electron chi connectivity index (χ3n) is 3.16. The molecule has 0 radical (unpaired) electrons. The maximum Gasteiger partial charge on any atom is 0.418 e. The minimum absolute atomic E-state index is 0.0883. The summed E-state index contributed by atoms with van der Waals surface area (Å²) in [6.07, 6.45) is -6.84. The number of hydrogen-bond acceptors (Lipinski definition) is 4. The first kappa shape index (κ1) is 18.7. The van der Waals surface area contributed by atoms with E-state index in [-0.39, 0.29) is 17.7 Å². The third kappa shape index (κ3) is 5.71. The second-order valence-electron chi connectivity index (χ2n) is 5.24. The van der Waals surface area contributed by atoms with Gasteiger partial charge in [-0.05, 0) is 12.5 Å². The van der Waals surface area contributed by atoms with Gasteiger partial charge in [-0.3, -0.25) is 9.59 Å². The van der Waals surface area contributed by atoms with E-state index in [9.17, 15) is 22.8 Å². The number of amides is 1. The number of benzene rings is 1. The number of aromatic nitrogens is 2. The van der Waals surface area contributed by atoms with Crippen LogP contribution in [0, 0.1) is 6.92 Å². The molecule has 0 fully saturated rings. The van der Waals surface area contributed by atoms with Crippen molar-refractivity contribution in [1.82, 2.24) is 15.3 Å². The van der Waals surface area contributed by atoms with Crippen LogP contribution >= 0.6 is 0 Å². The molecule has 2 aromatic rings. The summed E-state index contributed by atoms with van der Waals surface area (Å²) >= 11 is 0. The molecule has 0 bridgehead atoms. The molecule has 0 aliphatic carbocycles. The van der Waals surface area contributed by atoms with Gasteiger partial charge in [0.1, 0.15) is 12.4 Å². The Balaban J connectivity index is 1.94. The largest absolute Gasteiger partial charge is 0.418 e. The smallest absolute Gasteiger partial charge is 0.354 e. The van der Waals surface area contributed by atoms with E-state index in [1.165, 1.54) is 30.3 Å². The topological polar surface area (TPSA) is 84.1 Å². The monoisotopic (exact) mass is 355 g/mol. The minimum atomic E-state index is -4.65. The minimum Gasteiger partial charge on any atom is -0.354 e. The number of rotatable bonds is 6. The lowest BCUT2D eigenvalue weighted by molar-refractivity contribution is -0.223. The van der Waals surface area contributed by atoms with E-state index >= 15 is 0 Å². The number of nitrogens with zero attached hydrogens (tertiary/aromatic N) is 1. The van der Waals surface area contributed by atoms with Crippen LogP contribution in [0.2, 0.25) is 0 Å².